The molecule has 1 heterocycles. The predicted octanol–water partition coefficient (Wildman–Crippen LogP) is 1.12. The second-order valence-electron chi connectivity index (χ2n) is 3.60. The van der Waals surface area contributed by atoms with Gasteiger partial charge in [0.2, 0.25) is 0 Å². The van der Waals surface area contributed by atoms with Crippen LogP contribution in [-0.4, -0.2) is 25.8 Å². The van der Waals surface area contributed by atoms with Crippen LogP contribution in [0.3, 0.4) is 0 Å². The van der Waals surface area contributed by atoms with Crippen molar-refractivity contribution in [3.05, 3.63) is 38.7 Å². The van der Waals surface area contributed by atoms with Crippen LogP contribution in [0.25, 0.3) is 0 Å². The van der Waals surface area contributed by atoms with Crippen LogP contribution in [0, 0.1) is 0 Å². The topological polar surface area (TPSA) is 109 Å². The van der Waals surface area contributed by atoms with E-state index in [1.54, 1.807) is 25.2 Å². The summed E-state index contributed by atoms with van der Waals surface area (Å²) < 4.78 is 2.21. The molecule has 7 nitrogen and oxygen atoms in total. The molecule has 0 bridgehead atoms. The summed E-state index contributed by atoms with van der Waals surface area (Å²) in [7, 11) is 1.61. The van der Waals surface area contributed by atoms with Crippen LogP contribution < -0.4 is 11.4 Å². The molecule has 100 valence electrons. The zero-order valence-corrected chi connectivity index (χ0v) is 12.2. The lowest BCUT2D eigenvalue weighted by atomic mass is 10.2. The summed E-state index contributed by atoms with van der Waals surface area (Å²) in [4.78, 5) is 12.0. The Kier molecular flexibility index (Phi) is 3.96. The molecule has 0 unspecified atom stereocenters. The molecule has 0 aliphatic heterocycles. The average molecular weight is 344 g/mol. The van der Waals surface area contributed by atoms with Gasteiger partial charge in [-0.15, -0.1) is 5.10 Å². The first-order valence-corrected chi connectivity index (χ1v) is 6.70. The molecule has 2 rings (SSSR count). The van der Waals surface area contributed by atoms with Crippen molar-refractivity contribution >= 4 is 33.5 Å². The molecule has 0 aliphatic carbocycles. The molecule has 4 N–H and O–H groups in total. The third-order valence-electron chi connectivity index (χ3n) is 2.37. The number of rotatable bonds is 3. The number of halogens is 1. The van der Waals surface area contributed by atoms with Crippen molar-refractivity contribution in [2.75, 3.05) is 0 Å². The number of hydrogen-bond donors (Lipinski definition) is 3. The van der Waals surface area contributed by atoms with Gasteiger partial charge in [0.25, 0.3) is 0 Å². The van der Waals surface area contributed by atoms with Gasteiger partial charge in [0.1, 0.15) is 0 Å². The Morgan fingerprint density at radius 1 is 1.63 bits per heavy atom. The van der Waals surface area contributed by atoms with E-state index in [9.17, 15) is 4.79 Å². The van der Waals surface area contributed by atoms with E-state index < -0.39 is 0 Å². The predicted molar refractivity (Wildman–Crippen MR) is 74.6 cm³/mol. The van der Waals surface area contributed by atoms with Crippen molar-refractivity contribution in [2.45, 2.75) is 10.1 Å². The van der Waals surface area contributed by atoms with Crippen LogP contribution >= 0.6 is 27.7 Å². The summed E-state index contributed by atoms with van der Waals surface area (Å²) in [5.41, 5.74) is 5.88. The van der Waals surface area contributed by atoms with Crippen LogP contribution in [0.5, 0.6) is 0 Å². The molecule has 1 aromatic carbocycles. The number of aromatic amines is 1. The average Bonchev–Trinajstić information content (AvgIpc) is 2.70. The summed E-state index contributed by atoms with van der Waals surface area (Å²) in [6.45, 7) is 0. The first kappa shape index (κ1) is 13.7. The highest BCUT2D eigenvalue weighted by atomic mass is 79.9. The van der Waals surface area contributed by atoms with Crippen molar-refractivity contribution in [1.82, 2.24) is 14.8 Å². The fourth-order valence-corrected chi connectivity index (χ4v) is 2.86. The Balaban J connectivity index is 2.47. The fraction of sp³-hybridized carbons (Fsp3) is 0.100. The van der Waals surface area contributed by atoms with Crippen LogP contribution in [0.4, 0.5) is 0 Å². The van der Waals surface area contributed by atoms with E-state index >= 15 is 0 Å². The van der Waals surface area contributed by atoms with E-state index in [-0.39, 0.29) is 11.5 Å². The lowest BCUT2D eigenvalue weighted by molar-refractivity contribution is 0.318. The molecule has 9 heteroatoms. The Labute approximate surface area is 120 Å². The van der Waals surface area contributed by atoms with Gasteiger partial charge in [0.05, 0.1) is 0 Å². The normalized spacial score (nSPS) is 11.8. The number of nitrogens with two attached hydrogens (primary N) is 1. The zero-order chi connectivity index (χ0) is 14.0. The maximum Gasteiger partial charge on any atom is 0.343 e. The SMILES string of the molecule is Cn1c(Sc2cc(Br)ccc2/C(N)=N/O)n[nH]c1=O. The summed E-state index contributed by atoms with van der Waals surface area (Å²) in [6.07, 6.45) is 0. The highest BCUT2D eigenvalue weighted by Gasteiger charge is 2.13. The van der Waals surface area contributed by atoms with Gasteiger partial charge in [-0.05, 0) is 30.0 Å². The van der Waals surface area contributed by atoms with E-state index in [2.05, 4.69) is 31.3 Å². The van der Waals surface area contributed by atoms with Gasteiger partial charge in [-0.25, -0.2) is 9.89 Å². The zero-order valence-electron chi connectivity index (χ0n) is 9.79. The largest absolute Gasteiger partial charge is 0.409 e. The number of oxime groups is 1. The van der Waals surface area contributed by atoms with E-state index in [0.29, 0.717) is 15.6 Å². The maximum absolute atomic E-state index is 11.3. The molecule has 2 aromatic rings. The molecular weight excluding hydrogens is 334 g/mol. The number of benzene rings is 1. The molecule has 0 amide bonds. The molecule has 0 aliphatic rings. The highest BCUT2D eigenvalue weighted by molar-refractivity contribution is 9.10. The number of aromatic nitrogens is 3. The second-order valence-corrected chi connectivity index (χ2v) is 5.52. The third-order valence-corrected chi connectivity index (χ3v) is 3.97. The molecule has 1 aromatic heterocycles. The van der Waals surface area contributed by atoms with Crippen LogP contribution in [0.2, 0.25) is 0 Å². The van der Waals surface area contributed by atoms with Gasteiger partial charge in [-0.1, -0.05) is 21.1 Å². The fourth-order valence-electron chi connectivity index (χ4n) is 1.37. The smallest absolute Gasteiger partial charge is 0.343 e. The van der Waals surface area contributed by atoms with Crippen molar-refractivity contribution in [3.63, 3.8) is 0 Å². The molecule has 0 saturated carbocycles. The molecular formula is C10H10BrN5O2S. The molecule has 19 heavy (non-hydrogen) atoms. The number of nitrogens with one attached hydrogen (secondary N) is 1. The molecule has 0 spiro atoms. The number of H-pyrrole nitrogens is 1. The van der Waals surface area contributed by atoms with Gasteiger partial charge in [0, 0.05) is 22.0 Å². The van der Waals surface area contributed by atoms with Gasteiger partial charge in [0.15, 0.2) is 11.0 Å². The van der Waals surface area contributed by atoms with Gasteiger partial charge >= 0.3 is 5.69 Å². The van der Waals surface area contributed by atoms with E-state index in [4.69, 9.17) is 10.9 Å². The Bertz CT molecular complexity index is 693. The first-order valence-electron chi connectivity index (χ1n) is 5.09. The summed E-state index contributed by atoms with van der Waals surface area (Å²) >= 11 is 4.59. The number of amidine groups is 1. The van der Waals surface area contributed by atoms with Crippen LogP contribution in [0.15, 0.2) is 42.7 Å². The minimum absolute atomic E-state index is 0.00413. The van der Waals surface area contributed by atoms with Crippen molar-refractivity contribution < 1.29 is 5.21 Å². The summed E-state index contributed by atoms with van der Waals surface area (Å²) in [6, 6.07) is 5.30. The highest BCUT2D eigenvalue weighted by Crippen LogP contribution is 2.30. The summed E-state index contributed by atoms with van der Waals surface area (Å²) in [5.74, 6) is -0.00413. The Hall–Kier alpha value is -1.74. The first-order chi connectivity index (χ1) is 9.02. The minimum atomic E-state index is -0.303. The van der Waals surface area contributed by atoms with Gasteiger partial charge < -0.3 is 10.9 Å². The van der Waals surface area contributed by atoms with Crippen molar-refractivity contribution in [1.29, 1.82) is 0 Å². The van der Waals surface area contributed by atoms with E-state index in [0.717, 1.165) is 4.47 Å². The number of hydrogen-bond acceptors (Lipinski definition) is 5. The van der Waals surface area contributed by atoms with Gasteiger partial charge in [-0.3, -0.25) is 4.57 Å². The van der Waals surface area contributed by atoms with Crippen molar-refractivity contribution in [3.8, 4) is 0 Å². The second kappa shape index (κ2) is 5.49. The van der Waals surface area contributed by atoms with E-state index in [1.807, 2.05) is 0 Å². The Morgan fingerprint density at radius 2 is 2.37 bits per heavy atom. The lowest BCUT2D eigenvalue weighted by Crippen LogP contribution is -2.15. The number of nitrogens with zero attached hydrogens (tertiary/aromatic N) is 3. The molecule has 0 fully saturated rings. The van der Waals surface area contributed by atoms with E-state index in [1.165, 1.54) is 16.3 Å². The van der Waals surface area contributed by atoms with Crippen LogP contribution in [-0.2, 0) is 7.05 Å². The molecule has 0 atom stereocenters. The molecule has 0 saturated heterocycles. The van der Waals surface area contributed by atoms with Gasteiger partial charge in [-0.2, -0.15) is 0 Å². The minimum Gasteiger partial charge on any atom is -0.409 e. The quantitative estimate of drug-likeness (QED) is 0.335. The lowest BCUT2D eigenvalue weighted by Gasteiger charge is -2.07. The van der Waals surface area contributed by atoms with Crippen molar-refractivity contribution in [2.24, 2.45) is 17.9 Å². The third kappa shape index (κ3) is 2.82. The standard InChI is InChI=1S/C10H10BrN5O2S/c1-16-9(17)13-14-10(16)19-7-4-5(11)2-3-6(7)8(12)15-18/h2-4,18H,1H3,(H2,12,15)(H,13,17). The molecule has 0 radical (unpaired) electrons. The maximum atomic E-state index is 11.3. The Morgan fingerprint density at radius 3 is 2.95 bits per heavy atom. The summed E-state index contributed by atoms with van der Waals surface area (Å²) in [5, 5.41) is 18.5. The van der Waals surface area contributed by atoms with Crippen LogP contribution in [0.1, 0.15) is 5.56 Å². The monoisotopic (exact) mass is 343 g/mol.